The number of morpholine rings is 1. The lowest BCUT2D eigenvalue weighted by Crippen LogP contribution is -2.51. The van der Waals surface area contributed by atoms with Crippen LogP contribution in [0.2, 0.25) is 0 Å². The van der Waals surface area contributed by atoms with Gasteiger partial charge in [0.05, 0.1) is 12.3 Å². The molecule has 1 aromatic rings. The lowest BCUT2D eigenvalue weighted by Gasteiger charge is -2.33. The molecule has 1 aliphatic heterocycles. The Labute approximate surface area is 130 Å². The summed E-state index contributed by atoms with van der Waals surface area (Å²) in [6, 6.07) is 0. The van der Waals surface area contributed by atoms with Gasteiger partial charge in [0.2, 0.25) is 11.8 Å². The number of hydrogen-bond acceptors (Lipinski definition) is 4. The van der Waals surface area contributed by atoms with Crippen LogP contribution in [0.25, 0.3) is 0 Å². The summed E-state index contributed by atoms with van der Waals surface area (Å²) in [4.78, 5) is 25.4. The highest BCUT2D eigenvalue weighted by Crippen LogP contribution is 2.08. The van der Waals surface area contributed by atoms with Gasteiger partial charge >= 0.3 is 0 Å². The predicted octanol–water partition coefficient (Wildman–Crippen LogP) is 0.191. The topological polar surface area (TPSA) is 76.5 Å². The summed E-state index contributed by atoms with van der Waals surface area (Å²) in [5.41, 5.74) is 1.02. The number of carbonyl (C=O) groups excluding carboxylic acids is 2. The Bertz CT molecular complexity index is 527. The number of nitrogens with zero attached hydrogens (tertiary/aromatic N) is 3. The largest absolute Gasteiger partial charge is 0.365 e. The maximum Gasteiger partial charge on any atom is 0.248 e. The van der Waals surface area contributed by atoms with Crippen LogP contribution in [0.4, 0.5) is 0 Å². The van der Waals surface area contributed by atoms with Crippen LogP contribution in [0.15, 0.2) is 12.4 Å². The molecular weight excluding hydrogens is 284 g/mol. The van der Waals surface area contributed by atoms with E-state index in [-0.39, 0.29) is 31.1 Å². The van der Waals surface area contributed by atoms with Gasteiger partial charge < -0.3 is 15.0 Å². The zero-order valence-corrected chi connectivity index (χ0v) is 13.4. The maximum absolute atomic E-state index is 11.9. The molecule has 0 aromatic carbocycles. The van der Waals surface area contributed by atoms with Crippen LogP contribution in [-0.4, -0.2) is 58.8 Å². The first kappa shape index (κ1) is 16.5. The number of aryl methyl sites for hydroxylation is 1. The highest BCUT2D eigenvalue weighted by Gasteiger charge is 2.26. The molecule has 1 unspecified atom stereocenters. The van der Waals surface area contributed by atoms with E-state index in [0.717, 1.165) is 12.1 Å². The maximum atomic E-state index is 11.9. The van der Waals surface area contributed by atoms with Gasteiger partial charge in [-0.3, -0.25) is 14.3 Å². The molecule has 7 nitrogen and oxygen atoms in total. The molecule has 1 saturated heterocycles. The van der Waals surface area contributed by atoms with Crippen LogP contribution in [0.5, 0.6) is 0 Å². The van der Waals surface area contributed by atoms with Crippen molar-refractivity contribution < 1.29 is 14.3 Å². The molecule has 22 heavy (non-hydrogen) atoms. The van der Waals surface area contributed by atoms with Crippen LogP contribution < -0.4 is 5.32 Å². The van der Waals surface area contributed by atoms with Crippen molar-refractivity contribution in [3.8, 4) is 0 Å². The third-order valence-electron chi connectivity index (χ3n) is 3.40. The van der Waals surface area contributed by atoms with Gasteiger partial charge in [-0.25, -0.2) is 0 Å². The second-order valence-corrected chi connectivity index (χ2v) is 6.14. The first-order valence-corrected chi connectivity index (χ1v) is 7.59. The lowest BCUT2D eigenvalue weighted by molar-refractivity contribution is -0.149. The molecule has 0 aliphatic carbocycles. The first-order valence-electron chi connectivity index (χ1n) is 7.59. The Morgan fingerprint density at radius 2 is 2.32 bits per heavy atom. The molecule has 1 atom stereocenters. The van der Waals surface area contributed by atoms with E-state index >= 15 is 0 Å². The fourth-order valence-electron chi connectivity index (χ4n) is 2.41. The van der Waals surface area contributed by atoms with Crippen LogP contribution in [0.1, 0.15) is 19.4 Å². The monoisotopic (exact) mass is 308 g/mol. The van der Waals surface area contributed by atoms with Gasteiger partial charge in [-0.15, -0.1) is 0 Å². The fourth-order valence-corrected chi connectivity index (χ4v) is 2.41. The highest BCUT2D eigenvalue weighted by atomic mass is 16.5. The SMILES string of the molecule is Cc1cnn(CC(=O)NCC2CN(CC(C)C)C(=O)CO2)c1. The fraction of sp³-hybridized carbons (Fsp3) is 0.667. The van der Waals surface area contributed by atoms with Gasteiger partial charge in [0.1, 0.15) is 13.2 Å². The van der Waals surface area contributed by atoms with Crippen molar-refractivity contribution in [1.82, 2.24) is 20.0 Å². The third-order valence-corrected chi connectivity index (χ3v) is 3.40. The normalized spacial score (nSPS) is 18.8. The van der Waals surface area contributed by atoms with E-state index < -0.39 is 0 Å². The number of hydrogen-bond donors (Lipinski definition) is 1. The van der Waals surface area contributed by atoms with Gasteiger partial charge in [-0.1, -0.05) is 13.8 Å². The molecule has 7 heteroatoms. The van der Waals surface area contributed by atoms with Crippen LogP contribution in [-0.2, 0) is 20.9 Å². The Balaban J connectivity index is 1.76. The molecule has 1 N–H and O–H groups in total. The minimum atomic E-state index is -0.153. The zero-order chi connectivity index (χ0) is 16.1. The molecule has 2 rings (SSSR count). The number of rotatable bonds is 6. The van der Waals surface area contributed by atoms with E-state index in [1.54, 1.807) is 10.9 Å². The van der Waals surface area contributed by atoms with Crippen molar-refractivity contribution in [3.05, 3.63) is 18.0 Å². The van der Waals surface area contributed by atoms with Gasteiger partial charge in [0.25, 0.3) is 0 Å². The van der Waals surface area contributed by atoms with Gasteiger partial charge in [-0.05, 0) is 18.4 Å². The minimum absolute atomic E-state index is 0.0169. The molecule has 2 heterocycles. The summed E-state index contributed by atoms with van der Waals surface area (Å²) < 4.78 is 7.08. The molecule has 1 aliphatic rings. The van der Waals surface area contributed by atoms with Crippen molar-refractivity contribution in [2.75, 3.05) is 26.2 Å². The van der Waals surface area contributed by atoms with Gasteiger partial charge in [0, 0.05) is 25.8 Å². The second kappa shape index (κ2) is 7.40. The quantitative estimate of drug-likeness (QED) is 0.814. The van der Waals surface area contributed by atoms with Crippen LogP contribution >= 0.6 is 0 Å². The molecule has 1 aromatic heterocycles. The lowest BCUT2D eigenvalue weighted by atomic mass is 10.1. The van der Waals surface area contributed by atoms with Gasteiger partial charge in [0.15, 0.2) is 0 Å². The number of aromatic nitrogens is 2. The average Bonchev–Trinajstić information content (AvgIpc) is 2.84. The number of amides is 2. The number of nitrogens with one attached hydrogen (secondary N) is 1. The summed E-state index contributed by atoms with van der Waals surface area (Å²) in [6.45, 7) is 8.01. The van der Waals surface area contributed by atoms with Crippen LogP contribution in [0.3, 0.4) is 0 Å². The molecule has 0 radical (unpaired) electrons. The van der Waals surface area contributed by atoms with Crippen molar-refractivity contribution >= 4 is 11.8 Å². The second-order valence-electron chi connectivity index (χ2n) is 6.14. The van der Waals surface area contributed by atoms with E-state index in [1.807, 2.05) is 18.0 Å². The minimum Gasteiger partial charge on any atom is -0.365 e. The van der Waals surface area contributed by atoms with Gasteiger partial charge in [-0.2, -0.15) is 5.10 Å². The number of ether oxygens (including phenoxy) is 1. The molecule has 0 saturated carbocycles. The third kappa shape index (κ3) is 4.84. The van der Waals surface area contributed by atoms with Crippen molar-refractivity contribution in [2.24, 2.45) is 5.92 Å². The first-order chi connectivity index (χ1) is 10.4. The molecule has 1 fully saturated rings. The summed E-state index contributed by atoms with van der Waals surface area (Å²) >= 11 is 0. The highest BCUT2D eigenvalue weighted by molar-refractivity contribution is 5.78. The molecule has 0 spiro atoms. The summed E-state index contributed by atoms with van der Waals surface area (Å²) in [5, 5.41) is 6.91. The Morgan fingerprint density at radius 1 is 1.55 bits per heavy atom. The Morgan fingerprint density at radius 3 is 2.95 bits per heavy atom. The summed E-state index contributed by atoms with van der Waals surface area (Å²) in [5.74, 6) is 0.322. The molecule has 0 bridgehead atoms. The molecular formula is C15H24N4O3. The zero-order valence-electron chi connectivity index (χ0n) is 13.4. The van der Waals surface area contributed by atoms with Crippen molar-refractivity contribution in [3.63, 3.8) is 0 Å². The Kier molecular flexibility index (Phi) is 5.54. The average molecular weight is 308 g/mol. The van der Waals surface area contributed by atoms with E-state index in [2.05, 4.69) is 24.3 Å². The van der Waals surface area contributed by atoms with E-state index in [1.165, 1.54) is 0 Å². The Hall–Kier alpha value is -1.89. The van der Waals surface area contributed by atoms with E-state index in [0.29, 0.717) is 19.0 Å². The van der Waals surface area contributed by atoms with Crippen molar-refractivity contribution in [2.45, 2.75) is 33.4 Å². The predicted molar refractivity (Wildman–Crippen MR) is 81.1 cm³/mol. The van der Waals surface area contributed by atoms with Crippen LogP contribution in [0, 0.1) is 12.8 Å². The standard InChI is InChI=1S/C15H24N4O3/c1-11(2)6-18-8-13(22-10-15(18)21)5-16-14(20)9-19-7-12(3)4-17-19/h4,7,11,13H,5-6,8-10H2,1-3H3,(H,16,20). The molecule has 2 amide bonds. The van der Waals surface area contributed by atoms with Crippen molar-refractivity contribution in [1.29, 1.82) is 0 Å². The van der Waals surface area contributed by atoms with E-state index in [4.69, 9.17) is 4.74 Å². The number of carbonyl (C=O) groups is 2. The summed E-state index contributed by atoms with van der Waals surface area (Å²) in [6.07, 6.45) is 3.38. The molecule has 122 valence electrons. The summed E-state index contributed by atoms with van der Waals surface area (Å²) in [7, 11) is 0. The van der Waals surface area contributed by atoms with E-state index in [9.17, 15) is 9.59 Å². The smallest absolute Gasteiger partial charge is 0.248 e.